The molecule has 0 spiro atoms. The van der Waals surface area contributed by atoms with Crippen LogP contribution in [0.1, 0.15) is 48.7 Å². The Hall–Kier alpha value is -1.97. The predicted molar refractivity (Wildman–Crippen MR) is 86.4 cm³/mol. The standard InChI is InChI=1S/C18H23NO3/c1-11-6-4-5-7-15(11)19-18(20)17-12(2)14-10-13(21-3)8-9-16(14)22-17/h8-11,15H,4-7H2,1-3H3,(H,19,20)/t11-,15+/m0/s1. The topological polar surface area (TPSA) is 51.5 Å². The maximum absolute atomic E-state index is 12.6. The summed E-state index contributed by atoms with van der Waals surface area (Å²) in [7, 11) is 1.63. The second kappa shape index (κ2) is 6.03. The fourth-order valence-electron chi connectivity index (χ4n) is 3.31. The van der Waals surface area contributed by atoms with Crippen molar-refractivity contribution < 1.29 is 13.9 Å². The SMILES string of the molecule is COc1ccc2oc(C(=O)N[C@@H]3CCCC[C@@H]3C)c(C)c2c1. The first-order chi connectivity index (χ1) is 10.6. The zero-order valence-electron chi connectivity index (χ0n) is 13.4. The first-order valence-corrected chi connectivity index (χ1v) is 7.98. The van der Waals surface area contributed by atoms with Crippen molar-refractivity contribution in [2.45, 2.75) is 45.6 Å². The minimum absolute atomic E-state index is 0.105. The molecule has 2 atom stereocenters. The number of carbonyl (C=O) groups excluding carboxylic acids is 1. The van der Waals surface area contributed by atoms with Gasteiger partial charge < -0.3 is 14.5 Å². The average molecular weight is 301 g/mol. The van der Waals surface area contributed by atoms with Crippen LogP contribution in [0.2, 0.25) is 0 Å². The molecule has 1 aromatic carbocycles. The van der Waals surface area contributed by atoms with Crippen LogP contribution in [0.15, 0.2) is 22.6 Å². The molecule has 0 radical (unpaired) electrons. The molecule has 1 heterocycles. The molecule has 1 saturated carbocycles. The first-order valence-electron chi connectivity index (χ1n) is 7.98. The number of rotatable bonds is 3. The lowest BCUT2D eigenvalue weighted by Gasteiger charge is -2.29. The van der Waals surface area contributed by atoms with Gasteiger partial charge in [-0.3, -0.25) is 4.79 Å². The van der Waals surface area contributed by atoms with E-state index in [4.69, 9.17) is 9.15 Å². The number of hydrogen-bond acceptors (Lipinski definition) is 3. The highest BCUT2D eigenvalue weighted by molar-refractivity contribution is 5.99. The second-order valence-electron chi connectivity index (χ2n) is 6.26. The normalized spacial score (nSPS) is 21.8. The van der Waals surface area contributed by atoms with Gasteiger partial charge in [0.15, 0.2) is 5.76 Å². The summed E-state index contributed by atoms with van der Waals surface area (Å²) < 4.78 is 11.0. The summed E-state index contributed by atoms with van der Waals surface area (Å²) in [6, 6.07) is 5.86. The molecule has 3 rings (SSSR count). The Balaban J connectivity index is 1.86. The fraction of sp³-hybridized carbons (Fsp3) is 0.500. The second-order valence-corrected chi connectivity index (χ2v) is 6.26. The van der Waals surface area contributed by atoms with E-state index in [0.717, 1.165) is 28.7 Å². The van der Waals surface area contributed by atoms with Gasteiger partial charge in [-0.15, -0.1) is 0 Å². The van der Waals surface area contributed by atoms with Crippen molar-refractivity contribution in [1.29, 1.82) is 0 Å². The van der Waals surface area contributed by atoms with Crippen LogP contribution in [0.4, 0.5) is 0 Å². The summed E-state index contributed by atoms with van der Waals surface area (Å²) in [5.74, 6) is 1.61. The number of hydrogen-bond donors (Lipinski definition) is 1. The molecule has 1 aromatic heterocycles. The lowest BCUT2D eigenvalue weighted by molar-refractivity contribution is 0.0883. The number of benzene rings is 1. The van der Waals surface area contributed by atoms with Crippen LogP contribution in [0.25, 0.3) is 11.0 Å². The summed E-state index contributed by atoms with van der Waals surface area (Å²) in [5, 5.41) is 4.08. The van der Waals surface area contributed by atoms with Crippen LogP contribution in [0.3, 0.4) is 0 Å². The molecule has 0 unspecified atom stereocenters. The number of ether oxygens (including phenoxy) is 1. The highest BCUT2D eigenvalue weighted by Crippen LogP contribution is 2.29. The van der Waals surface area contributed by atoms with Crippen molar-refractivity contribution in [3.63, 3.8) is 0 Å². The Morgan fingerprint density at radius 3 is 2.82 bits per heavy atom. The molecule has 1 N–H and O–H groups in total. The number of furan rings is 1. The Kier molecular flexibility index (Phi) is 4.10. The third kappa shape index (κ3) is 2.70. The number of aryl methyl sites for hydroxylation is 1. The quantitative estimate of drug-likeness (QED) is 0.930. The van der Waals surface area contributed by atoms with Gasteiger partial charge in [0.25, 0.3) is 5.91 Å². The highest BCUT2D eigenvalue weighted by Gasteiger charge is 2.26. The molecule has 1 aliphatic carbocycles. The van der Waals surface area contributed by atoms with E-state index in [2.05, 4.69) is 12.2 Å². The van der Waals surface area contributed by atoms with Crippen molar-refractivity contribution in [3.8, 4) is 5.75 Å². The molecular formula is C18H23NO3. The van der Waals surface area contributed by atoms with Crippen molar-refractivity contribution in [1.82, 2.24) is 5.32 Å². The Morgan fingerprint density at radius 2 is 2.09 bits per heavy atom. The Bertz CT molecular complexity index is 689. The molecule has 1 fully saturated rings. The van der Waals surface area contributed by atoms with E-state index in [9.17, 15) is 4.79 Å². The van der Waals surface area contributed by atoms with E-state index in [1.165, 1.54) is 19.3 Å². The molecule has 4 nitrogen and oxygen atoms in total. The van der Waals surface area contributed by atoms with E-state index in [0.29, 0.717) is 11.7 Å². The van der Waals surface area contributed by atoms with Crippen LogP contribution in [-0.2, 0) is 0 Å². The summed E-state index contributed by atoms with van der Waals surface area (Å²) >= 11 is 0. The Morgan fingerprint density at radius 1 is 1.32 bits per heavy atom. The maximum Gasteiger partial charge on any atom is 0.287 e. The molecule has 2 aromatic rings. The molecule has 0 bridgehead atoms. The molecule has 22 heavy (non-hydrogen) atoms. The zero-order chi connectivity index (χ0) is 15.7. The number of carbonyl (C=O) groups is 1. The maximum atomic E-state index is 12.6. The van der Waals surface area contributed by atoms with Crippen molar-refractivity contribution >= 4 is 16.9 Å². The number of amides is 1. The van der Waals surface area contributed by atoms with Crippen LogP contribution in [-0.4, -0.2) is 19.1 Å². The van der Waals surface area contributed by atoms with E-state index in [1.54, 1.807) is 7.11 Å². The van der Waals surface area contributed by atoms with Crippen molar-refractivity contribution in [2.75, 3.05) is 7.11 Å². The minimum Gasteiger partial charge on any atom is -0.497 e. The van der Waals surface area contributed by atoms with Gasteiger partial charge in [-0.25, -0.2) is 0 Å². The van der Waals surface area contributed by atoms with Gasteiger partial charge in [0.05, 0.1) is 7.11 Å². The summed E-state index contributed by atoms with van der Waals surface area (Å²) in [6.07, 6.45) is 4.68. The highest BCUT2D eigenvalue weighted by atomic mass is 16.5. The number of nitrogens with one attached hydrogen (secondary N) is 1. The zero-order valence-corrected chi connectivity index (χ0v) is 13.4. The number of fused-ring (bicyclic) bond motifs is 1. The average Bonchev–Trinajstić information content (AvgIpc) is 2.86. The molecule has 4 heteroatoms. The van der Waals surface area contributed by atoms with Gasteiger partial charge in [-0.1, -0.05) is 19.8 Å². The van der Waals surface area contributed by atoms with Crippen LogP contribution in [0.5, 0.6) is 5.75 Å². The summed E-state index contributed by atoms with van der Waals surface area (Å²) in [6.45, 7) is 4.13. The van der Waals surface area contributed by atoms with E-state index in [-0.39, 0.29) is 11.9 Å². The van der Waals surface area contributed by atoms with Crippen molar-refractivity contribution in [2.24, 2.45) is 5.92 Å². The molecular weight excluding hydrogens is 278 g/mol. The van der Waals surface area contributed by atoms with Gasteiger partial charge in [0, 0.05) is 17.0 Å². The first kappa shape index (κ1) is 14.9. The van der Waals surface area contributed by atoms with Gasteiger partial charge in [0.1, 0.15) is 11.3 Å². The van der Waals surface area contributed by atoms with Crippen molar-refractivity contribution in [3.05, 3.63) is 29.5 Å². The lowest BCUT2D eigenvalue weighted by atomic mass is 9.86. The molecule has 0 saturated heterocycles. The van der Waals surface area contributed by atoms with Gasteiger partial charge >= 0.3 is 0 Å². The minimum atomic E-state index is -0.105. The van der Waals surface area contributed by atoms with Gasteiger partial charge in [-0.05, 0) is 43.9 Å². The molecule has 0 aliphatic heterocycles. The number of methoxy groups -OCH3 is 1. The van der Waals surface area contributed by atoms with E-state index in [1.807, 2.05) is 25.1 Å². The summed E-state index contributed by atoms with van der Waals surface area (Å²) in [4.78, 5) is 12.6. The van der Waals surface area contributed by atoms with Crippen LogP contribution in [0, 0.1) is 12.8 Å². The van der Waals surface area contributed by atoms with Crippen LogP contribution < -0.4 is 10.1 Å². The summed E-state index contributed by atoms with van der Waals surface area (Å²) in [5.41, 5.74) is 1.59. The third-order valence-corrected chi connectivity index (χ3v) is 4.78. The molecule has 1 amide bonds. The predicted octanol–water partition coefficient (Wildman–Crippen LogP) is 4.06. The fourth-order valence-corrected chi connectivity index (χ4v) is 3.31. The lowest BCUT2D eigenvalue weighted by Crippen LogP contribution is -2.41. The monoisotopic (exact) mass is 301 g/mol. The Labute approximate surface area is 130 Å². The van der Waals surface area contributed by atoms with E-state index >= 15 is 0 Å². The van der Waals surface area contributed by atoms with Gasteiger partial charge in [-0.2, -0.15) is 0 Å². The third-order valence-electron chi connectivity index (χ3n) is 4.78. The van der Waals surface area contributed by atoms with Gasteiger partial charge in [0.2, 0.25) is 0 Å². The smallest absolute Gasteiger partial charge is 0.287 e. The largest absolute Gasteiger partial charge is 0.497 e. The molecule has 1 aliphatic rings. The molecule has 118 valence electrons. The van der Waals surface area contributed by atoms with Crippen LogP contribution >= 0.6 is 0 Å². The van der Waals surface area contributed by atoms with E-state index < -0.39 is 0 Å².